The van der Waals surface area contributed by atoms with Crippen LogP contribution >= 0.6 is 11.1 Å². The van der Waals surface area contributed by atoms with Gasteiger partial charge in [0.2, 0.25) is 0 Å². The van der Waals surface area contributed by atoms with Crippen molar-refractivity contribution in [3.8, 4) is 78.3 Å². The van der Waals surface area contributed by atoms with Crippen LogP contribution in [0.25, 0.3) is 91.1 Å². The fourth-order valence-electron chi connectivity index (χ4n) is 23.2. The summed E-state index contributed by atoms with van der Waals surface area (Å²) in [6.07, 6.45) is 18.1. The molecule has 125 heavy (non-hydrogen) atoms. The molecule has 0 saturated heterocycles. The molecule has 0 spiro atoms. The fourth-order valence-corrected chi connectivity index (χ4v) is 31.2. The standard InChI is InChI=1S/C60H74OSi.C31H35ClSi.C29H40O/c1-34-22-35(2)25-40(24-34)51-45-20-19-21-46(45)52(41-26-36(3)23-37(4)27-41)54-49(51)29-39(6)57(54)62(17,18)56-38(5)28-47-48(56)33-50(60(13,14)15)55(61-16)53(47)42-30-43(58(7,8)9)32-44(31-42)59(10,11)12;1-18-11-19(2)14-23(13-18)28-25-9-8-10-26(25)29(24-15-20(3)12-21(4)16-24)30-27(28)17-22(5)31(30)33(6,7)32;1-18-12-19-16-24(29(8,9)10)26(30-11)25(23(19)13-18)20-14-21(27(2,3)4)17-22(15-20)28(5,6)7/h22-33,56-57H,19-21H2,1-18H3;11-17,31H,8-10H2,1-7H3;12,14-17H,13H2,1-11H3. The molecule has 0 amide bonds. The van der Waals surface area contributed by atoms with E-state index in [-0.39, 0.29) is 32.5 Å². The summed E-state index contributed by atoms with van der Waals surface area (Å²) in [7, 11) is -0.612. The van der Waals surface area contributed by atoms with Crippen molar-refractivity contribution in [3.63, 3.8) is 0 Å². The molecule has 656 valence electrons. The first-order valence-electron chi connectivity index (χ1n) is 47.0. The van der Waals surface area contributed by atoms with Crippen LogP contribution in [0.15, 0.2) is 144 Å². The molecule has 0 fully saturated rings. The Morgan fingerprint density at radius 1 is 0.296 bits per heavy atom. The summed E-state index contributed by atoms with van der Waals surface area (Å²) >= 11 is 7.28. The Labute approximate surface area is 763 Å². The van der Waals surface area contributed by atoms with E-state index in [1.807, 2.05) is 14.2 Å². The Bertz CT molecular complexity index is 6020. The average molecular weight is 1720 g/mol. The molecular weight excluding hydrogens is 1560 g/mol. The highest BCUT2D eigenvalue weighted by atomic mass is 35.6. The molecule has 0 saturated carbocycles. The normalized spacial score (nSPS) is 16.7. The van der Waals surface area contributed by atoms with E-state index in [0.29, 0.717) is 16.6 Å². The second kappa shape index (κ2) is 33.2. The van der Waals surface area contributed by atoms with Gasteiger partial charge in [-0.3, -0.25) is 0 Å². The van der Waals surface area contributed by atoms with Gasteiger partial charge >= 0.3 is 0 Å². The maximum absolute atomic E-state index is 7.28. The van der Waals surface area contributed by atoms with Crippen LogP contribution < -0.4 is 9.47 Å². The van der Waals surface area contributed by atoms with Gasteiger partial charge in [-0.2, -0.15) is 11.1 Å². The molecule has 6 aliphatic carbocycles. The van der Waals surface area contributed by atoms with Crippen LogP contribution in [-0.4, -0.2) is 29.7 Å². The van der Waals surface area contributed by atoms with Crippen molar-refractivity contribution in [2.75, 3.05) is 14.2 Å². The van der Waals surface area contributed by atoms with Crippen LogP contribution in [0, 0.1) is 55.4 Å². The van der Waals surface area contributed by atoms with Crippen molar-refractivity contribution in [1.29, 1.82) is 0 Å². The van der Waals surface area contributed by atoms with Crippen molar-refractivity contribution in [2.24, 2.45) is 0 Å². The molecule has 6 aliphatic rings. The number of methoxy groups -OCH3 is 2. The Kier molecular flexibility index (Phi) is 24.6. The second-order valence-corrected chi connectivity index (χ2v) is 58.1. The molecule has 0 N–H and O–H groups in total. The minimum Gasteiger partial charge on any atom is -0.496 e. The quantitative estimate of drug-likeness (QED) is 0.0949. The van der Waals surface area contributed by atoms with E-state index in [1.54, 1.807) is 33.4 Å². The van der Waals surface area contributed by atoms with Gasteiger partial charge in [-0.05, 0) is 311 Å². The van der Waals surface area contributed by atoms with Gasteiger partial charge in [-0.25, -0.2) is 0 Å². The molecule has 0 aliphatic heterocycles. The summed E-state index contributed by atoms with van der Waals surface area (Å²) in [6.45, 7) is 79.4. The molecule has 16 rings (SSSR count). The number of hydrogen-bond acceptors (Lipinski definition) is 2. The minimum absolute atomic E-state index is 0.000686. The van der Waals surface area contributed by atoms with Gasteiger partial charge in [0.25, 0.3) is 0 Å². The average Bonchev–Trinajstić information content (AvgIpc) is 1.55. The monoisotopic (exact) mass is 1710 g/mol. The predicted molar refractivity (Wildman–Crippen MR) is 553 cm³/mol. The smallest absolute Gasteiger partial charge is 0.161 e. The van der Waals surface area contributed by atoms with Gasteiger partial charge in [-0.15, -0.1) is 0 Å². The number of rotatable bonds is 11. The summed E-state index contributed by atoms with van der Waals surface area (Å²) in [5.41, 5.74) is 60.6. The first kappa shape index (κ1) is 92.7. The van der Waals surface area contributed by atoms with Crippen LogP contribution in [0.5, 0.6) is 11.5 Å². The summed E-state index contributed by atoms with van der Waals surface area (Å²) in [5.74, 6) is 2.06. The lowest BCUT2D eigenvalue weighted by Crippen LogP contribution is -2.42. The molecule has 3 atom stereocenters. The van der Waals surface area contributed by atoms with Gasteiger partial charge in [0.15, 0.2) is 7.38 Å². The van der Waals surface area contributed by atoms with Gasteiger partial charge in [0, 0.05) is 38.9 Å². The van der Waals surface area contributed by atoms with E-state index >= 15 is 0 Å². The van der Waals surface area contributed by atoms with E-state index in [2.05, 4.69) is 380 Å². The Morgan fingerprint density at radius 3 is 0.936 bits per heavy atom. The molecule has 10 aromatic carbocycles. The number of aryl methyl sites for hydroxylation is 8. The summed E-state index contributed by atoms with van der Waals surface area (Å²) in [4.78, 5) is 0. The molecule has 0 radical (unpaired) electrons. The number of ether oxygens (including phenoxy) is 2. The van der Waals surface area contributed by atoms with E-state index in [9.17, 15) is 0 Å². The third-order valence-electron chi connectivity index (χ3n) is 28.4. The lowest BCUT2D eigenvalue weighted by Gasteiger charge is -2.41. The first-order valence-corrected chi connectivity index (χ1v) is 54.2. The SMILES string of the molecule is CC1=Cc2c(-c3cc(C)cc(C)c3)c3c(c(-c4cc(C)cc(C)c4)c2C1[Si](C)(C)Cl)CCC3.COc1c(C(C)(C)C)cc2c(c1-c1cc(C(C)(C)C)cc(C(C)(C)C)c1)C=C(C)C2[Si](C)(C)C1C(C)=Cc2c(-c3cc(C)cc(C)c3)c3c(c(-c4cc(C)cc(C)c4)c21)CCC3.COc1c(C(C)(C)C)cc2c(c1-c1cc(C(C)(C)C)cc(C(C)(C)C)c1)CC(C)=C2. The van der Waals surface area contributed by atoms with E-state index in [4.69, 9.17) is 20.6 Å². The van der Waals surface area contributed by atoms with Gasteiger partial charge < -0.3 is 9.47 Å². The highest BCUT2D eigenvalue weighted by molar-refractivity contribution is 7.20. The second-order valence-electron chi connectivity index (χ2n) is 46.6. The zero-order valence-electron chi connectivity index (χ0n) is 83.7. The van der Waals surface area contributed by atoms with Crippen LogP contribution in [0.3, 0.4) is 0 Å². The molecule has 0 bridgehead atoms. The van der Waals surface area contributed by atoms with E-state index < -0.39 is 15.5 Å². The lowest BCUT2D eigenvalue weighted by molar-refractivity contribution is 0.398. The molecule has 3 unspecified atom stereocenters. The van der Waals surface area contributed by atoms with Crippen LogP contribution in [0.1, 0.15) is 326 Å². The third kappa shape index (κ3) is 17.7. The first-order chi connectivity index (χ1) is 58.0. The predicted octanol–water partition coefficient (Wildman–Crippen LogP) is 34.2. The van der Waals surface area contributed by atoms with Crippen LogP contribution in [0.4, 0.5) is 0 Å². The van der Waals surface area contributed by atoms with Crippen molar-refractivity contribution < 1.29 is 9.47 Å². The highest BCUT2D eigenvalue weighted by Crippen LogP contribution is 2.62. The topological polar surface area (TPSA) is 18.5 Å². The Balaban J connectivity index is 0.000000169. The molecule has 2 nitrogen and oxygen atoms in total. The number of benzene rings is 10. The molecule has 10 aromatic rings. The van der Waals surface area contributed by atoms with Gasteiger partial charge in [-0.1, -0.05) is 357 Å². The van der Waals surface area contributed by atoms with E-state index in [0.717, 1.165) is 30.8 Å². The van der Waals surface area contributed by atoms with Gasteiger partial charge in [0.05, 0.1) is 22.3 Å². The summed E-state index contributed by atoms with van der Waals surface area (Å²) in [5, 5.41) is 0. The van der Waals surface area contributed by atoms with Crippen molar-refractivity contribution in [3.05, 3.63) is 288 Å². The Hall–Kier alpha value is -8.52. The van der Waals surface area contributed by atoms with Crippen molar-refractivity contribution >= 4 is 50.8 Å². The Morgan fingerprint density at radius 2 is 0.592 bits per heavy atom. The van der Waals surface area contributed by atoms with Crippen molar-refractivity contribution in [2.45, 2.75) is 328 Å². The largest absolute Gasteiger partial charge is 0.496 e. The van der Waals surface area contributed by atoms with Crippen molar-refractivity contribution in [1.82, 2.24) is 0 Å². The molecular formula is C120H149ClO2Si2. The van der Waals surface area contributed by atoms with E-state index in [1.165, 1.54) is 226 Å². The fraction of sp³-hybridized carbons (Fsp3) is 0.433. The lowest BCUT2D eigenvalue weighted by atomic mass is 9.77. The zero-order valence-corrected chi connectivity index (χ0v) is 86.5. The van der Waals surface area contributed by atoms with Gasteiger partial charge in [0.1, 0.15) is 11.5 Å². The highest BCUT2D eigenvalue weighted by Gasteiger charge is 2.51. The number of halogens is 1. The molecule has 0 heterocycles. The minimum atomic E-state index is -2.33. The number of allylic oxidation sites excluding steroid dienone is 4. The number of hydrogen-bond donors (Lipinski definition) is 0. The molecule has 0 aromatic heterocycles. The zero-order chi connectivity index (χ0) is 91.5. The number of fused-ring (bicyclic) bond motifs is 6. The summed E-state index contributed by atoms with van der Waals surface area (Å²) < 4.78 is 12.8. The van der Waals surface area contributed by atoms with Crippen LogP contribution in [0.2, 0.25) is 26.2 Å². The maximum Gasteiger partial charge on any atom is 0.161 e. The maximum atomic E-state index is 7.28. The third-order valence-corrected chi connectivity index (χ3v) is 35.7. The molecule has 5 heteroatoms. The summed E-state index contributed by atoms with van der Waals surface area (Å²) in [6, 6.07) is 48.2. The van der Waals surface area contributed by atoms with Crippen LogP contribution in [-0.2, 0) is 64.6 Å².